The smallest absolute Gasteiger partial charge is 0.535 e. The molecule has 122 heavy (non-hydrogen) atoms. The van der Waals surface area contributed by atoms with E-state index in [4.69, 9.17) is 288 Å². The van der Waals surface area contributed by atoms with E-state index in [9.17, 15) is 4.46 Å². The second kappa shape index (κ2) is 160. The van der Waals surface area contributed by atoms with Crippen molar-refractivity contribution in [1.82, 2.24) is 35.2 Å². The van der Waals surface area contributed by atoms with Crippen LogP contribution in [0, 0.1) is 11.8 Å². The number of aromatic nitrogens is 6. The number of imidazole rings is 3. The summed E-state index contributed by atoms with van der Waals surface area (Å²) in [5, 5.41) is 298. The zero-order valence-electron chi connectivity index (χ0n) is 63.8. The lowest BCUT2D eigenvalue weighted by Crippen LogP contribution is -2.32. The molecule has 0 atom stereocenters. The van der Waals surface area contributed by atoms with Gasteiger partial charge in [-0.3, -0.25) is 252 Å². The summed E-state index contributed by atoms with van der Waals surface area (Å²) in [6.45, 7) is 15.2. The summed E-state index contributed by atoms with van der Waals surface area (Å²) in [6, 6.07) is 47.3. The first-order chi connectivity index (χ1) is 60.2. The molecular weight excluding hydrogens is 1760 g/mol. The van der Waals surface area contributed by atoms with Crippen LogP contribution in [0.1, 0.15) is 34.6 Å². The van der Waals surface area contributed by atoms with Crippen molar-refractivity contribution in [3.63, 3.8) is 0 Å². The molecule has 6 aromatic carbocycles. The van der Waals surface area contributed by atoms with E-state index in [1.165, 1.54) is 0 Å². The van der Waals surface area contributed by atoms with E-state index in [0.29, 0.717) is 33.0 Å². The first-order valence-corrected chi connectivity index (χ1v) is 32.9. The SMILES string of the molecule is CC(C)CNCC(C)C.CCOc1ccc(-c2nc3ccccc3[nH]2)cc1.O=[SiH]OO.O=[SiH]O[CH2][Al]([O]CCOc1ccc(-c2nc3ccccc3[nH]2)cc1)[O]CCOc1ccc(-c2nc3ccccc3[nH]2)cc1.OO.OO.OO.OO.OO.OO.OO.OO.OO.OO.OO.OO.OO.OO.OO.OO.OO.OO.OO.OO.OO.OO.OO.OO. The average molecular weight is 1870 g/mol. The van der Waals surface area contributed by atoms with Crippen LogP contribution >= 0.6 is 0 Å². The van der Waals surface area contributed by atoms with E-state index in [1.54, 1.807) is 0 Å². The number of para-hydroxylation sites is 6. The van der Waals surface area contributed by atoms with Crippen molar-refractivity contribution in [2.24, 2.45) is 11.8 Å². The normalized spacial score (nSPS) is 7.67. The van der Waals surface area contributed by atoms with Gasteiger partial charge in [-0.05, 0) is 141 Å². The molecule has 0 unspecified atom stereocenters. The number of ether oxygens (including phenoxy) is 3. The fourth-order valence-electron chi connectivity index (χ4n) is 7.16. The number of nitrogens with zero attached hydrogens (tertiary/aromatic N) is 3. The maximum atomic E-state index is 10.9. The lowest BCUT2D eigenvalue weighted by molar-refractivity contribution is -0.176. The molecule has 0 aliphatic carbocycles. The summed E-state index contributed by atoms with van der Waals surface area (Å²) in [6.07, 6.45) is 0. The Morgan fingerprint density at radius 3 is 0.721 bits per heavy atom. The number of rotatable bonds is 23. The maximum Gasteiger partial charge on any atom is 0.714 e. The predicted molar refractivity (Wildman–Crippen MR) is 418 cm³/mol. The van der Waals surface area contributed by atoms with Crippen molar-refractivity contribution < 1.29 is 297 Å². The Hall–Kier alpha value is -8.78. The van der Waals surface area contributed by atoms with Crippen LogP contribution < -0.4 is 19.5 Å². The van der Waals surface area contributed by atoms with Gasteiger partial charge in [0.1, 0.15) is 47.9 Å². The predicted octanol–water partition coefficient (Wildman–Crippen LogP) is 10.1. The van der Waals surface area contributed by atoms with Crippen LogP contribution in [0.15, 0.2) is 146 Å². The van der Waals surface area contributed by atoms with Crippen molar-refractivity contribution in [2.45, 2.75) is 34.6 Å². The molecule has 0 amide bonds. The van der Waals surface area contributed by atoms with Crippen LogP contribution in [-0.4, -0.2) is 373 Å². The molecule has 9 rings (SSSR count). The first-order valence-electron chi connectivity index (χ1n) is 29.2. The third kappa shape index (κ3) is 96.7. The number of fused-ring (bicyclic) bond motifs is 3. The third-order valence-corrected chi connectivity index (χ3v) is 13.1. The van der Waals surface area contributed by atoms with Gasteiger partial charge in [0, 0.05) is 16.7 Å². The van der Waals surface area contributed by atoms with Gasteiger partial charge in [-0.15, -0.1) is 0 Å². The van der Waals surface area contributed by atoms with Crippen LogP contribution in [0.4, 0.5) is 0 Å². The third-order valence-electron chi connectivity index (χ3n) is 10.6. The molecule has 722 valence electrons. The molecule has 3 heterocycles. The number of hydrogen-bond donors (Lipinski definition) is 53. The molecule has 65 nitrogen and oxygen atoms in total. The van der Waals surface area contributed by atoms with Gasteiger partial charge in [-0.25, -0.2) is 20.2 Å². The Kier molecular flexibility index (Phi) is 210. The topological polar surface area (TPSA) is 1190 Å². The molecule has 68 heteroatoms. The van der Waals surface area contributed by atoms with E-state index in [0.717, 1.165) is 109 Å². The quantitative estimate of drug-likeness (QED) is 0.0122. The maximum absolute atomic E-state index is 10.9. The van der Waals surface area contributed by atoms with E-state index < -0.39 is 34.1 Å². The molecule has 0 aliphatic rings. The van der Waals surface area contributed by atoms with Gasteiger partial charge in [0.2, 0.25) is 0 Å². The minimum Gasteiger partial charge on any atom is -0.535 e. The Bertz CT molecular complexity index is 2880. The summed E-state index contributed by atoms with van der Waals surface area (Å²) in [4.78, 5) is 23.8. The van der Waals surface area contributed by atoms with Gasteiger partial charge >= 0.3 is 34.1 Å². The van der Waals surface area contributed by atoms with Crippen molar-refractivity contribution in [3.8, 4) is 51.4 Å². The highest BCUT2D eigenvalue weighted by molar-refractivity contribution is 6.44. The standard InChI is InChI=1S/2C15H13N2O2.C15H14N2O.C8H19N.CH3O2Si.Al.H2O3Si.24H2O2/c2*18-9-10-19-12-7-5-11(6-8-12)15-16-13-3-1-2-4-14(13)17-15;1-2-18-12-9-7-11(8-10-12)15-16-13-5-3-4-6-14(13)17-15;1-7(2)5-9-6-8(3)4;1-3-4-2;;1-3-4-2;24*1-2/h2*1-8H,9-10H2,(H,16,17);3-10H,2H2,1H3,(H,16,17);7-9H,5-6H2,1-4H3;4H,1H2;;1,4H;24*1-2H/q2*-1;;;;+2;;;;;;;;;;;;;;;;;;;;;;;;;. The molecule has 0 radical (unpaired) electrons. The van der Waals surface area contributed by atoms with E-state index in [-0.39, 0.29) is 5.47 Å². The lowest BCUT2D eigenvalue weighted by Gasteiger charge is -2.14. The Balaban J connectivity index is -0.0000000664. The van der Waals surface area contributed by atoms with E-state index >= 15 is 0 Å². The molecule has 0 saturated heterocycles. The number of hydrogen-bond acceptors (Lipinski definition) is 62. The Morgan fingerprint density at radius 1 is 0.320 bits per heavy atom. The Labute approximate surface area is 692 Å². The summed E-state index contributed by atoms with van der Waals surface area (Å²) >= 11 is -2.22. The summed E-state index contributed by atoms with van der Waals surface area (Å²) in [5.74, 6) is 6.41. The van der Waals surface area contributed by atoms with Crippen LogP contribution in [0.5, 0.6) is 17.2 Å². The summed E-state index contributed by atoms with van der Waals surface area (Å²) < 4.78 is 56.9. The fourth-order valence-corrected chi connectivity index (χ4v) is 9.11. The highest BCUT2D eigenvalue weighted by atomic mass is 28.2. The lowest BCUT2D eigenvalue weighted by atomic mass is 10.2. The van der Waals surface area contributed by atoms with E-state index in [1.807, 2.05) is 153 Å². The van der Waals surface area contributed by atoms with Gasteiger partial charge in [0.15, 0.2) is 0 Å². The van der Waals surface area contributed by atoms with Crippen molar-refractivity contribution in [2.75, 3.05) is 51.6 Å². The minimum atomic E-state index is -2.22. The molecule has 9 aromatic rings. The molecule has 0 spiro atoms. The second-order valence-corrected chi connectivity index (χ2v) is 20.0. The highest BCUT2D eigenvalue weighted by Crippen LogP contribution is 2.26. The number of benzene rings is 6. The molecular formula is C54H112AlN7O58Si2. The van der Waals surface area contributed by atoms with Crippen molar-refractivity contribution in [1.29, 1.82) is 0 Å². The van der Waals surface area contributed by atoms with Gasteiger partial charge in [-0.1, -0.05) is 64.1 Å². The average Bonchev–Trinajstić information content (AvgIpc) is 1.70. The van der Waals surface area contributed by atoms with Gasteiger partial charge in [0.25, 0.3) is 0 Å². The van der Waals surface area contributed by atoms with Gasteiger partial charge < -0.3 is 60.0 Å². The largest absolute Gasteiger partial charge is 0.714 e. The highest BCUT2D eigenvalue weighted by Gasteiger charge is 2.26. The number of nitrogens with one attached hydrogen (secondary N) is 4. The van der Waals surface area contributed by atoms with Crippen LogP contribution in [0.3, 0.4) is 0 Å². The summed E-state index contributed by atoms with van der Waals surface area (Å²) in [5.41, 5.74) is 9.11. The van der Waals surface area contributed by atoms with Gasteiger partial charge in [-0.2, -0.15) is 0 Å². The van der Waals surface area contributed by atoms with Crippen molar-refractivity contribution >= 4 is 67.2 Å². The Morgan fingerprint density at radius 2 is 0.533 bits per heavy atom. The fraction of sp³-hybridized carbons (Fsp3) is 0.278. The van der Waals surface area contributed by atoms with Crippen molar-refractivity contribution in [3.05, 3.63) is 146 Å². The molecule has 0 fully saturated rings. The van der Waals surface area contributed by atoms with Crippen LogP contribution in [0.2, 0.25) is 0 Å². The second-order valence-electron chi connectivity index (χ2n) is 17.3. The minimum absolute atomic E-state index is 0.192. The van der Waals surface area contributed by atoms with Gasteiger partial charge in [0.05, 0.1) is 58.4 Å². The monoisotopic (exact) mass is 1870 g/mol. The van der Waals surface area contributed by atoms with Crippen LogP contribution in [0.25, 0.3) is 67.3 Å². The number of H-pyrrole nitrogens is 3. The van der Waals surface area contributed by atoms with Crippen LogP contribution in [-0.2, 0) is 25.5 Å². The summed E-state index contributed by atoms with van der Waals surface area (Å²) in [7, 11) is -2.74. The number of aromatic amines is 3. The molecule has 3 aromatic heterocycles. The molecule has 0 bridgehead atoms. The molecule has 0 aliphatic heterocycles. The zero-order chi connectivity index (χ0) is 100. The molecule has 0 saturated carbocycles. The molecule has 53 N–H and O–H groups in total. The first kappa shape index (κ1) is 161. The van der Waals surface area contributed by atoms with E-state index in [2.05, 4.69) is 67.5 Å². The zero-order valence-corrected chi connectivity index (χ0v) is 67.3.